The molecule has 3 heterocycles. The fourth-order valence-corrected chi connectivity index (χ4v) is 3.38. The van der Waals surface area contributed by atoms with Crippen molar-refractivity contribution in [2.45, 2.75) is 38.3 Å². The van der Waals surface area contributed by atoms with E-state index < -0.39 is 0 Å². The molecule has 0 bridgehead atoms. The van der Waals surface area contributed by atoms with Crippen molar-refractivity contribution in [2.24, 2.45) is 7.05 Å². The van der Waals surface area contributed by atoms with E-state index >= 15 is 0 Å². The number of aryl methyl sites for hydroxylation is 2. The zero-order valence-corrected chi connectivity index (χ0v) is 11.0. The first-order valence-corrected chi connectivity index (χ1v) is 6.65. The number of nitriles is 1. The minimum Gasteiger partial charge on any atom is -0.365 e. The van der Waals surface area contributed by atoms with Crippen LogP contribution in [-0.4, -0.2) is 39.9 Å². The number of rotatable bonds is 2. The third kappa shape index (κ3) is 1.68. The van der Waals surface area contributed by atoms with E-state index in [1.54, 1.807) is 4.68 Å². The first-order valence-electron chi connectivity index (χ1n) is 6.65. The van der Waals surface area contributed by atoms with E-state index in [0.29, 0.717) is 17.6 Å². The molecule has 5 nitrogen and oxygen atoms in total. The Morgan fingerprint density at radius 2 is 2.22 bits per heavy atom. The van der Waals surface area contributed by atoms with Crippen molar-refractivity contribution >= 4 is 5.82 Å². The standard InChI is InChI=1S/C13H19N5/c1-9-10(8-14)13(17(2)16-9)15-11-5-7-18-6-3-4-12(11)18/h11-12,15H,3-7H2,1-2H3. The van der Waals surface area contributed by atoms with E-state index in [2.05, 4.69) is 21.4 Å². The maximum atomic E-state index is 9.22. The summed E-state index contributed by atoms with van der Waals surface area (Å²) in [4.78, 5) is 2.56. The van der Waals surface area contributed by atoms with Gasteiger partial charge in [0, 0.05) is 25.7 Å². The number of anilines is 1. The summed E-state index contributed by atoms with van der Waals surface area (Å²) in [5, 5.41) is 17.1. The summed E-state index contributed by atoms with van der Waals surface area (Å²) in [6, 6.07) is 3.37. The highest BCUT2D eigenvalue weighted by Crippen LogP contribution is 2.31. The topological polar surface area (TPSA) is 56.9 Å². The zero-order chi connectivity index (χ0) is 12.7. The van der Waals surface area contributed by atoms with Crippen molar-refractivity contribution in [3.05, 3.63) is 11.3 Å². The molecule has 18 heavy (non-hydrogen) atoms. The number of hydrogen-bond acceptors (Lipinski definition) is 4. The Bertz CT molecular complexity index is 498. The molecule has 2 aliphatic heterocycles. The smallest absolute Gasteiger partial charge is 0.142 e. The van der Waals surface area contributed by atoms with Crippen LogP contribution in [0.5, 0.6) is 0 Å². The fourth-order valence-electron chi connectivity index (χ4n) is 3.38. The van der Waals surface area contributed by atoms with Crippen LogP contribution in [0.15, 0.2) is 0 Å². The van der Waals surface area contributed by atoms with Crippen molar-refractivity contribution in [1.29, 1.82) is 5.26 Å². The lowest BCUT2D eigenvalue weighted by atomic mass is 10.1. The van der Waals surface area contributed by atoms with Crippen molar-refractivity contribution < 1.29 is 0 Å². The highest BCUT2D eigenvalue weighted by molar-refractivity contribution is 5.55. The first-order chi connectivity index (χ1) is 8.70. The molecule has 0 saturated carbocycles. The maximum Gasteiger partial charge on any atom is 0.142 e. The minimum atomic E-state index is 0.467. The Balaban J connectivity index is 1.83. The number of nitrogens with one attached hydrogen (secondary N) is 1. The monoisotopic (exact) mass is 245 g/mol. The van der Waals surface area contributed by atoms with Gasteiger partial charge in [-0.05, 0) is 32.7 Å². The Morgan fingerprint density at radius 1 is 1.39 bits per heavy atom. The molecular formula is C13H19N5. The second kappa shape index (κ2) is 4.29. The van der Waals surface area contributed by atoms with Gasteiger partial charge in [-0.25, -0.2) is 0 Å². The summed E-state index contributed by atoms with van der Waals surface area (Å²) >= 11 is 0. The molecule has 2 unspecified atom stereocenters. The molecule has 0 radical (unpaired) electrons. The average molecular weight is 245 g/mol. The second-order valence-electron chi connectivity index (χ2n) is 5.33. The molecule has 2 atom stereocenters. The van der Waals surface area contributed by atoms with E-state index in [4.69, 9.17) is 0 Å². The van der Waals surface area contributed by atoms with E-state index in [1.165, 1.54) is 32.4 Å². The number of aromatic nitrogens is 2. The lowest BCUT2D eigenvalue weighted by molar-refractivity contribution is 0.318. The first kappa shape index (κ1) is 11.5. The third-order valence-corrected chi connectivity index (χ3v) is 4.26. The quantitative estimate of drug-likeness (QED) is 0.852. The molecule has 3 rings (SSSR count). The summed E-state index contributed by atoms with van der Waals surface area (Å²) in [6.07, 6.45) is 3.74. The molecule has 5 heteroatoms. The molecule has 96 valence electrons. The molecular weight excluding hydrogens is 226 g/mol. The maximum absolute atomic E-state index is 9.22. The lowest BCUT2D eigenvalue weighted by Gasteiger charge is -2.22. The van der Waals surface area contributed by atoms with Crippen LogP contribution in [0.4, 0.5) is 5.82 Å². The van der Waals surface area contributed by atoms with Gasteiger partial charge in [0.1, 0.15) is 17.5 Å². The average Bonchev–Trinajstić information content (AvgIpc) is 2.97. The molecule has 1 aromatic rings. The molecule has 0 spiro atoms. The van der Waals surface area contributed by atoms with Gasteiger partial charge < -0.3 is 5.32 Å². The predicted molar refractivity (Wildman–Crippen MR) is 69.3 cm³/mol. The number of nitrogens with zero attached hydrogens (tertiary/aromatic N) is 4. The van der Waals surface area contributed by atoms with Gasteiger partial charge in [-0.2, -0.15) is 10.4 Å². The van der Waals surface area contributed by atoms with Gasteiger partial charge in [-0.1, -0.05) is 0 Å². The van der Waals surface area contributed by atoms with Gasteiger partial charge in [0.15, 0.2) is 0 Å². The summed E-state index contributed by atoms with van der Waals surface area (Å²) in [6.45, 7) is 4.31. The largest absolute Gasteiger partial charge is 0.365 e. The second-order valence-corrected chi connectivity index (χ2v) is 5.33. The highest BCUT2D eigenvalue weighted by Gasteiger charge is 2.37. The van der Waals surface area contributed by atoms with E-state index in [9.17, 15) is 5.26 Å². The Kier molecular flexibility index (Phi) is 2.75. The third-order valence-electron chi connectivity index (χ3n) is 4.26. The molecule has 0 aromatic carbocycles. The summed E-state index contributed by atoms with van der Waals surface area (Å²) in [5.74, 6) is 0.883. The van der Waals surface area contributed by atoms with Crippen molar-refractivity contribution in [1.82, 2.24) is 14.7 Å². The Morgan fingerprint density at radius 3 is 3.00 bits per heavy atom. The summed E-state index contributed by atoms with van der Waals surface area (Å²) in [5.41, 5.74) is 1.50. The predicted octanol–water partition coefficient (Wildman–Crippen LogP) is 1.25. The van der Waals surface area contributed by atoms with Gasteiger partial charge in [-0.3, -0.25) is 9.58 Å². The molecule has 2 saturated heterocycles. The van der Waals surface area contributed by atoms with Crippen LogP contribution in [0.2, 0.25) is 0 Å². The van der Waals surface area contributed by atoms with Crippen LogP contribution >= 0.6 is 0 Å². The SMILES string of the molecule is Cc1nn(C)c(NC2CCN3CCCC23)c1C#N. The van der Waals surface area contributed by atoms with Crippen LogP contribution in [0.3, 0.4) is 0 Å². The molecule has 2 aliphatic rings. The van der Waals surface area contributed by atoms with Gasteiger partial charge in [0.2, 0.25) is 0 Å². The van der Waals surface area contributed by atoms with Crippen molar-refractivity contribution in [3.63, 3.8) is 0 Å². The van der Waals surface area contributed by atoms with Gasteiger partial charge >= 0.3 is 0 Å². The van der Waals surface area contributed by atoms with E-state index in [1.807, 2.05) is 14.0 Å². The van der Waals surface area contributed by atoms with Crippen LogP contribution in [-0.2, 0) is 7.05 Å². The molecule has 1 N–H and O–H groups in total. The van der Waals surface area contributed by atoms with Crippen LogP contribution < -0.4 is 5.32 Å². The summed E-state index contributed by atoms with van der Waals surface area (Å²) in [7, 11) is 1.90. The fraction of sp³-hybridized carbons (Fsp3) is 0.692. The van der Waals surface area contributed by atoms with Crippen molar-refractivity contribution in [3.8, 4) is 6.07 Å². The van der Waals surface area contributed by atoms with Crippen LogP contribution in [0.25, 0.3) is 0 Å². The van der Waals surface area contributed by atoms with Crippen molar-refractivity contribution in [2.75, 3.05) is 18.4 Å². The van der Waals surface area contributed by atoms with Crippen LogP contribution in [0.1, 0.15) is 30.5 Å². The van der Waals surface area contributed by atoms with Gasteiger partial charge in [0.25, 0.3) is 0 Å². The van der Waals surface area contributed by atoms with Gasteiger partial charge in [-0.15, -0.1) is 0 Å². The minimum absolute atomic E-state index is 0.467. The lowest BCUT2D eigenvalue weighted by Crippen LogP contribution is -2.34. The van der Waals surface area contributed by atoms with E-state index in [0.717, 1.165) is 11.5 Å². The molecule has 1 aromatic heterocycles. The van der Waals surface area contributed by atoms with Crippen LogP contribution in [0, 0.1) is 18.3 Å². The number of fused-ring (bicyclic) bond motifs is 1. The molecule has 0 amide bonds. The molecule has 0 aliphatic carbocycles. The molecule has 2 fully saturated rings. The Labute approximate surface area is 107 Å². The Hall–Kier alpha value is -1.54. The zero-order valence-electron chi connectivity index (χ0n) is 11.0. The number of hydrogen-bond donors (Lipinski definition) is 1. The van der Waals surface area contributed by atoms with E-state index in [-0.39, 0.29) is 0 Å². The highest BCUT2D eigenvalue weighted by atomic mass is 15.3. The van der Waals surface area contributed by atoms with Gasteiger partial charge in [0.05, 0.1) is 5.69 Å². The summed E-state index contributed by atoms with van der Waals surface area (Å²) < 4.78 is 1.80. The normalized spacial score (nSPS) is 27.2.